The van der Waals surface area contributed by atoms with E-state index in [1.807, 2.05) is 36.1 Å². The molecule has 1 amide bonds. The number of piperazine rings is 1. The van der Waals surface area contributed by atoms with Gasteiger partial charge in [0.05, 0.1) is 5.69 Å². The van der Waals surface area contributed by atoms with Gasteiger partial charge in [0.15, 0.2) is 0 Å². The van der Waals surface area contributed by atoms with Crippen molar-refractivity contribution in [3.8, 4) is 10.6 Å². The molecule has 0 aliphatic carbocycles. The number of aryl methyl sites for hydroxylation is 1. The van der Waals surface area contributed by atoms with Gasteiger partial charge in [-0.25, -0.2) is 4.98 Å². The van der Waals surface area contributed by atoms with E-state index < -0.39 is 0 Å². The van der Waals surface area contributed by atoms with Gasteiger partial charge in [-0.15, -0.1) is 11.3 Å². The van der Waals surface area contributed by atoms with Crippen molar-refractivity contribution in [2.24, 2.45) is 0 Å². The fourth-order valence-corrected chi connectivity index (χ4v) is 3.89. The minimum absolute atomic E-state index is 0.107. The Labute approximate surface area is 145 Å². The Morgan fingerprint density at radius 3 is 2.48 bits per heavy atom. The van der Waals surface area contributed by atoms with Crippen LogP contribution < -0.4 is 0 Å². The summed E-state index contributed by atoms with van der Waals surface area (Å²) in [6.45, 7) is 8.59. The number of benzene rings is 1. The molecule has 1 fully saturated rings. The summed E-state index contributed by atoms with van der Waals surface area (Å²) in [6.07, 6.45) is 0. The highest BCUT2D eigenvalue weighted by molar-refractivity contribution is 7.17. The number of hydrogen-bond donors (Lipinski definition) is 0. The first-order valence-electron chi connectivity index (χ1n) is 7.83. The molecule has 2 heterocycles. The second kappa shape index (κ2) is 6.99. The highest BCUT2D eigenvalue weighted by atomic mass is 35.5. The molecular formula is C17H20ClN3OS. The van der Waals surface area contributed by atoms with Gasteiger partial charge in [-0.3, -0.25) is 4.79 Å². The van der Waals surface area contributed by atoms with Crippen molar-refractivity contribution in [2.75, 3.05) is 32.7 Å². The molecule has 4 nitrogen and oxygen atoms in total. The van der Waals surface area contributed by atoms with Gasteiger partial charge in [0.1, 0.15) is 9.88 Å². The molecule has 1 aromatic heterocycles. The number of likely N-dealkylation sites (N-methyl/N-ethyl adjacent to an activating group) is 1. The van der Waals surface area contributed by atoms with Crippen LogP contribution in [0.25, 0.3) is 10.6 Å². The van der Waals surface area contributed by atoms with E-state index in [1.165, 1.54) is 11.3 Å². The molecule has 6 heteroatoms. The fourth-order valence-electron chi connectivity index (χ4n) is 2.72. The van der Waals surface area contributed by atoms with E-state index in [0.717, 1.165) is 53.9 Å². The van der Waals surface area contributed by atoms with Crippen molar-refractivity contribution in [2.45, 2.75) is 13.8 Å². The zero-order valence-electron chi connectivity index (χ0n) is 13.4. The lowest BCUT2D eigenvalue weighted by atomic mass is 10.2. The highest BCUT2D eigenvalue weighted by Crippen LogP contribution is 2.29. The monoisotopic (exact) mass is 349 g/mol. The largest absolute Gasteiger partial charge is 0.335 e. The van der Waals surface area contributed by atoms with Crippen LogP contribution in [-0.4, -0.2) is 53.4 Å². The van der Waals surface area contributed by atoms with Crippen molar-refractivity contribution in [1.82, 2.24) is 14.8 Å². The van der Waals surface area contributed by atoms with E-state index in [1.54, 1.807) is 0 Å². The Morgan fingerprint density at radius 2 is 1.87 bits per heavy atom. The number of aromatic nitrogens is 1. The molecule has 0 spiro atoms. The number of nitrogens with zero attached hydrogens (tertiary/aromatic N) is 3. The number of carbonyl (C=O) groups is 1. The molecule has 122 valence electrons. The van der Waals surface area contributed by atoms with Crippen LogP contribution in [0.1, 0.15) is 22.3 Å². The van der Waals surface area contributed by atoms with Crippen molar-refractivity contribution in [3.05, 3.63) is 39.9 Å². The summed E-state index contributed by atoms with van der Waals surface area (Å²) in [6, 6.07) is 7.57. The van der Waals surface area contributed by atoms with Crippen LogP contribution in [0.15, 0.2) is 24.3 Å². The van der Waals surface area contributed by atoms with Gasteiger partial charge < -0.3 is 9.80 Å². The molecule has 1 aliphatic rings. The van der Waals surface area contributed by atoms with Crippen LogP contribution >= 0.6 is 22.9 Å². The van der Waals surface area contributed by atoms with Gasteiger partial charge in [0, 0.05) is 36.8 Å². The molecule has 1 aliphatic heterocycles. The SMILES string of the molecule is CCN1CCN(C(=O)c2sc(-c3ccc(Cl)cc3)nc2C)CC1. The van der Waals surface area contributed by atoms with Crippen LogP contribution in [0.5, 0.6) is 0 Å². The minimum Gasteiger partial charge on any atom is -0.335 e. The topological polar surface area (TPSA) is 36.4 Å². The smallest absolute Gasteiger partial charge is 0.265 e. The van der Waals surface area contributed by atoms with Crippen molar-refractivity contribution in [1.29, 1.82) is 0 Å². The lowest BCUT2D eigenvalue weighted by molar-refractivity contribution is 0.0647. The molecule has 0 unspecified atom stereocenters. The molecule has 23 heavy (non-hydrogen) atoms. The zero-order valence-corrected chi connectivity index (χ0v) is 15.0. The van der Waals surface area contributed by atoms with Crippen molar-refractivity contribution in [3.63, 3.8) is 0 Å². The number of halogens is 1. The maximum atomic E-state index is 12.8. The van der Waals surface area contributed by atoms with E-state index in [2.05, 4.69) is 16.8 Å². The van der Waals surface area contributed by atoms with Gasteiger partial charge in [-0.05, 0) is 25.6 Å². The quantitative estimate of drug-likeness (QED) is 0.850. The van der Waals surface area contributed by atoms with Crippen LogP contribution in [0, 0.1) is 6.92 Å². The zero-order chi connectivity index (χ0) is 16.4. The molecule has 1 aromatic carbocycles. The van der Waals surface area contributed by atoms with Crippen LogP contribution in [0.2, 0.25) is 5.02 Å². The Kier molecular flexibility index (Phi) is 4.99. The summed E-state index contributed by atoms with van der Waals surface area (Å²) in [5, 5.41) is 1.57. The summed E-state index contributed by atoms with van der Waals surface area (Å²) < 4.78 is 0. The Bertz CT molecular complexity index is 690. The normalized spacial score (nSPS) is 15.9. The fraction of sp³-hybridized carbons (Fsp3) is 0.412. The summed E-state index contributed by atoms with van der Waals surface area (Å²) >= 11 is 7.40. The number of thiazole rings is 1. The second-order valence-corrected chi connectivity index (χ2v) is 7.10. The molecule has 0 radical (unpaired) electrons. The maximum Gasteiger partial charge on any atom is 0.265 e. The van der Waals surface area contributed by atoms with Gasteiger partial charge in [0.2, 0.25) is 0 Å². The number of carbonyl (C=O) groups excluding carboxylic acids is 1. The van der Waals surface area contributed by atoms with Crippen molar-refractivity contribution >= 4 is 28.8 Å². The van der Waals surface area contributed by atoms with Crippen LogP contribution in [0.4, 0.5) is 0 Å². The predicted octanol–water partition coefficient (Wildman–Crippen LogP) is 3.55. The first kappa shape index (κ1) is 16.4. The average molecular weight is 350 g/mol. The first-order valence-corrected chi connectivity index (χ1v) is 9.03. The summed E-state index contributed by atoms with van der Waals surface area (Å²) in [4.78, 5) is 22.4. The molecule has 0 bridgehead atoms. The third-order valence-electron chi connectivity index (χ3n) is 4.19. The molecule has 0 saturated carbocycles. The first-order chi connectivity index (χ1) is 11.1. The average Bonchev–Trinajstić information content (AvgIpc) is 2.96. The molecule has 0 N–H and O–H groups in total. The summed E-state index contributed by atoms with van der Waals surface area (Å²) in [7, 11) is 0. The standard InChI is InChI=1S/C17H20ClN3OS/c1-3-20-8-10-21(11-9-20)17(22)15-12(2)19-16(23-15)13-4-6-14(18)7-5-13/h4-7H,3,8-11H2,1-2H3. The lowest BCUT2D eigenvalue weighted by Gasteiger charge is -2.33. The number of hydrogen-bond acceptors (Lipinski definition) is 4. The molecule has 1 saturated heterocycles. The highest BCUT2D eigenvalue weighted by Gasteiger charge is 2.25. The van der Waals surface area contributed by atoms with E-state index in [4.69, 9.17) is 11.6 Å². The Hall–Kier alpha value is -1.43. The van der Waals surface area contributed by atoms with Crippen LogP contribution in [-0.2, 0) is 0 Å². The predicted molar refractivity (Wildman–Crippen MR) is 95.3 cm³/mol. The summed E-state index contributed by atoms with van der Waals surface area (Å²) in [5.41, 5.74) is 1.81. The van der Waals surface area contributed by atoms with E-state index in [9.17, 15) is 4.79 Å². The van der Waals surface area contributed by atoms with Gasteiger partial charge in [-0.2, -0.15) is 0 Å². The number of rotatable bonds is 3. The molecular weight excluding hydrogens is 330 g/mol. The minimum atomic E-state index is 0.107. The van der Waals surface area contributed by atoms with Gasteiger partial charge in [0.25, 0.3) is 5.91 Å². The summed E-state index contributed by atoms with van der Waals surface area (Å²) in [5.74, 6) is 0.107. The maximum absolute atomic E-state index is 12.8. The van der Waals surface area contributed by atoms with E-state index in [0.29, 0.717) is 5.02 Å². The van der Waals surface area contributed by atoms with E-state index >= 15 is 0 Å². The van der Waals surface area contributed by atoms with Crippen molar-refractivity contribution < 1.29 is 4.79 Å². The van der Waals surface area contributed by atoms with Gasteiger partial charge in [-0.1, -0.05) is 30.7 Å². The lowest BCUT2D eigenvalue weighted by Crippen LogP contribution is -2.48. The second-order valence-electron chi connectivity index (χ2n) is 5.67. The van der Waals surface area contributed by atoms with Crippen LogP contribution in [0.3, 0.4) is 0 Å². The molecule has 3 rings (SSSR count). The third-order valence-corrected chi connectivity index (χ3v) is 5.64. The third kappa shape index (κ3) is 3.57. The number of amides is 1. The molecule has 0 atom stereocenters. The van der Waals surface area contributed by atoms with E-state index in [-0.39, 0.29) is 5.91 Å². The molecule has 2 aromatic rings. The Balaban J connectivity index is 1.78. The van der Waals surface area contributed by atoms with Gasteiger partial charge >= 0.3 is 0 Å². The Morgan fingerprint density at radius 1 is 1.22 bits per heavy atom.